The zero-order chi connectivity index (χ0) is 18.1. The van der Waals surface area contributed by atoms with Crippen molar-refractivity contribution in [2.75, 3.05) is 26.1 Å². The molecule has 1 unspecified atom stereocenters. The first-order chi connectivity index (χ1) is 12.1. The summed E-state index contributed by atoms with van der Waals surface area (Å²) >= 11 is 0. The van der Waals surface area contributed by atoms with Crippen LogP contribution in [0.2, 0.25) is 0 Å². The first kappa shape index (κ1) is 18.8. The molecule has 0 amide bonds. The Kier molecular flexibility index (Phi) is 7.29. The van der Waals surface area contributed by atoms with Gasteiger partial charge >= 0.3 is 0 Å². The quantitative estimate of drug-likeness (QED) is 0.570. The van der Waals surface area contributed by atoms with Gasteiger partial charge in [0.15, 0.2) is 5.96 Å². The highest BCUT2D eigenvalue weighted by Crippen LogP contribution is 2.16. The van der Waals surface area contributed by atoms with Crippen LogP contribution in [0.25, 0.3) is 0 Å². The van der Waals surface area contributed by atoms with Gasteiger partial charge < -0.3 is 20.5 Å². The molecule has 5 heteroatoms. The monoisotopic (exact) mass is 341 g/mol. The molecule has 0 radical (unpaired) electrons. The van der Waals surface area contributed by atoms with Gasteiger partial charge in [0.1, 0.15) is 5.75 Å². The molecular weight excluding hydrogens is 314 g/mol. The summed E-state index contributed by atoms with van der Waals surface area (Å²) in [5.74, 6) is 1.69. The Hall–Kier alpha value is -2.53. The summed E-state index contributed by atoms with van der Waals surface area (Å²) in [6, 6.07) is 16.0. The maximum absolute atomic E-state index is 6.03. The van der Waals surface area contributed by atoms with E-state index in [1.54, 1.807) is 14.2 Å². The largest absolute Gasteiger partial charge is 0.497 e. The number of benzene rings is 2. The molecular formula is C20H27N3O2. The molecule has 2 rings (SSSR count). The van der Waals surface area contributed by atoms with Crippen molar-refractivity contribution in [1.29, 1.82) is 0 Å². The molecule has 0 bridgehead atoms. The third-order valence-corrected chi connectivity index (χ3v) is 3.90. The van der Waals surface area contributed by atoms with Crippen molar-refractivity contribution in [2.24, 2.45) is 16.6 Å². The smallest absolute Gasteiger partial charge is 0.193 e. The molecule has 2 aromatic rings. The number of aliphatic imine (C=N–C) groups is 1. The molecule has 0 aromatic heterocycles. The fourth-order valence-electron chi connectivity index (χ4n) is 2.58. The lowest BCUT2D eigenvalue weighted by molar-refractivity contribution is 0.185. The van der Waals surface area contributed by atoms with Crippen LogP contribution in [0.15, 0.2) is 53.5 Å². The minimum absolute atomic E-state index is 0.392. The van der Waals surface area contributed by atoms with Crippen LogP contribution in [0, 0.1) is 5.92 Å². The van der Waals surface area contributed by atoms with Gasteiger partial charge in [-0.05, 0) is 36.1 Å². The van der Waals surface area contributed by atoms with E-state index < -0.39 is 0 Å². The van der Waals surface area contributed by atoms with E-state index in [1.807, 2.05) is 36.4 Å². The lowest BCUT2D eigenvalue weighted by atomic mass is 10.0. The molecule has 0 aliphatic rings. The van der Waals surface area contributed by atoms with E-state index in [0.29, 0.717) is 25.0 Å². The maximum Gasteiger partial charge on any atom is 0.193 e. The van der Waals surface area contributed by atoms with E-state index >= 15 is 0 Å². The summed E-state index contributed by atoms with van der Waals surface area (Å²) < 4.78 is 10.4. The Labute approximate surface area is 149 Å². The first-order valence-corrected chi connectivity index (χ1v) is 8.39. The van der Waals surface area contributed by atoms with Crippen molar-refractivity contribution in [3.8, 4) is 5.75 Å². The van der Waals surface area contributed by atoms with Crippen LogP contribution in [0.4, 0.5) is 5.69 Å². The fraction of sp³-hybridized carbons (Fsp3) is 0.350. The van der Waals surface area contributed by atoms with Crippen molar-refractivity contribution in [3.63, 3.8) is 0 Å². The Morgan fingerprint density at radius 1 is 1.12 bits per heavy atom. The standard InChI is InChI=1S/C20H27N3O2/c1-15(12-16-8-10-18(25-3)11-9-16)13-22-20(21)23-19-7-5-4-6-17(19)14-24-2/h4-11,15H,12-14H2,1-3H3,(H3,21,22,23). The number of hydrogen-bond acceptors (Lipinski definition) is 3. The number of para-hydroxylation sites is 1. The van der Waals surface area contributed by atoms with Gasteiger partial charge in [-0.3, -0.25) is 4.99 Å². The second-order valence-corrected chi connectivity index (χ2v) is 6.10. The molecule has 0 spiro atoms. The topological polar surface area (TPSA) is 68.9 Å². The van der Waals surface area contributed by atoms with Crippen molar-refractivity contribution in [2.45, 2.75) is 20.0 Å². The molecule has 0 aliphatic heterocycles. The van der Waals surface area contributed by atoms with Crippen molar-refractivity contribution >= 4 is 11.6 Å². The molecule has 0 aliphatic carbocycles. The second kappa shape index (κ2) is 9.69. The molecule has 3 N–H and O–H groups in total. The summed E-state index contributed by atoms with van der Waals surface area (Å²) in [7, 11) is 3.35. The van der Waals surface area contributed by atoms with Crippen LogP contribution >= 0.6 is 0 Å². The van der Waals surface area contributed by atoms with E-state index in [1.165, 1.54) is 5.56 Å². The highest BCUT2D eigenvalue weighted by atomic mass is 16.5. The number of nitrogens with two attached hydrogens (primary N) is 1. The zero-order valence-electron chi connectivity index (χ0n) is 15.2. The van der Waals surface area contributed by atoms with Crippen LogP contribution < -0.4 is 15.8 Å². The number of guanidine groups is 1. The first-order valence-electron chi connectivity index (χ1n) is 8.39. The molecule has 0 fully saturated rings. The number of hydrogen-bond donors (Lipinski definition) is 2. The van der Waals surface area contributed by atoms with Crippen LogP contribution in [-0.4, -0.2) is 26.7 Å². The van der Waals surface area contributed by atoms with Gasteiger partial charge in [-0.25, -0.2) is 0 Å². The second-order valence-electron chi connectivity index (χ2n) is 6.10. The predicted octanol–water partition coefficient (Wildman–Crippen LogP) is 3.45. The highest BCUT2D eigenvalue weighted by Gasteiger charge is 2.06. The van der Waals surface area contributed by atoms with E-state index in [9.17, 15) is 0 Å². The van der Waals surface area contributed by atoms with Crippen LogP contribution in [0.5, 0.6) is 5.75 Å². The Morgan fingerprint density at radius 3 is 2.52 bits per heavy atom. The molecule has 5 nitrogen and oxygen atoms in total. The van der Waals surface area contributed by atoms with Crippen molar-refractivity contribution < 1.29 is 9.47 Å². The molecule has 2 aromatic carbocycles. The molecule has 134 valence electrons. The van der Waals surface area contributed by atoms with E-state index in [4.69, 9.17) is 15.2 Å². The lowest BCUT2D eigenvalue weighted by Crippen LogP contribution is -2.24. The van der Waals surface area contributed by atoms with E-state index in [2.05, 4.69) is 29.4 Å². The molecule has 0 heterocycles. The third-order valence-electron chi connectivity index (χ3n) is 3.90. The van der Waals surface area contributed by atoms with Crippen LogP contribution in [-0.2, 0) is 17.8 Å². The van der Waals surface area contributed by atoms with Gasteiger partial charge in [-0.1, -0.05) is 37.3 Å². The number of anilines is 1. The number of ether oxygens (including phenoxy) is 2. The molecule has 0 saturated heterocycles. The van der Waals surface area contributed by atoms with Gasteiger partial charge in [0.05, 0.1) is 13.7 Å². The van der Waals surface area contributed by atoms with E-state index in [-0.39, 0.29) is 0 Å². The average Bonchev–Trinajstić information content (AvgIpc) is 2.62. The third kappa shape index (κ3) is 6.12. The van der Waals surface area contributed by atoms with Crippen LogP contribution in [0.3, 0.4) is 0 Å². The average molecular weight is 341 g/mol. The summed E-state index contributed by atoms with van der Waals surface area (Å²) in [6.07, 6.45) is 0.945. The lowest BCUT2D eigenvalue weighted by Gasteiger charge is -2.13. The van der Waals surface area contributed by atoms with Crippen molar-refractivity contribution in [3.05, 3.63) is 59.7 Å². The minimum Gasteiger partial charge on any atom is -0.497 e. The summed E-state index contributed by atoms with van der Waals surface area (Å²) in [6.45, 7) is 3.36. The molecule has 25 heavy (non-hydrogen) atoms. The fourth-order valence-corrected chi connectivity index (χ4v) is 2.58. The minimum atomic E-state index is 0.392. The van der Waals surface area contributed by atoms with Gasteiger partial charge in [0, 0.05) is 24.9 Å². The summed E-state index contributed by atoms with van der Waals surface area (Å²) in [5.41, 5.74) is 9.27. The SMILES string of the molecule is COCc1ccccc1NC(N)=NCC(C)Cc1ccc(OC)cc1. The van der Waals surface area contributed by atoms with E-state index in [0.717, 1.165) is 23.4 Å². The number of nitrogens with zero attached hydrogens (tertiary/aromatic N) is 1. The highest BCUT2D eigenvalue weighted by molar-refractivity contribution is 5.92. The summed E-state index contributed by atoms with van der Waals surface area (Å²) in [5, 5.41) is 3.16. The Balaban J connectivity index is 1.89. The zero-order valence-corrected chi connectivity index (χ0v) is 15.2. The predicted molar refractivity (Wildman–Crippen MR) is 103 cm³/mol. The Morgan fingerprint density at radius 2 is 1.84 bits per heavy atom. The van der Waals surface area contributed by atoms with Gasteiger partial charge in [0.25, 0.3) is 0 Å². The van der Waals surface area contributed by atoms with Crippen LogP contribution in [0.1, 0.15) is 18.1 Å². The summed E-state index contributed by atoms with van der Waals surface area (Å²) in [4.78, 5) is 4.47. The number of rotatable bonds is 8. The molecule has 0 saturated carbocycles. The molecule has 1 atom stereocenters. The van der Waals surface area contributed by atoms with Gasteiger partial charge in [-0.2, -0.15) is 0 Å². The van der Waals surface area contributed by atoms with Gasteiger partial charge in [0.2, 0.25) is 0 Å². The number of methoxy groups -OCH3 is 2. The van der Waals surface area contributed by atoms with Gasteiger partial charge in [-0.15, -0.1) is 0 Å². The normalized spacial score (nSPS) is 12.7. The maximum atomic E-state index is 6.03. The Bertz CT molecular complexity index is 684. The van der Waals surface area contributed by atoms with Crippen molar-refractivity contribution in [1.82, 2.24) is 0 Å². The number of nitrogens with one attached hydrogen (secondary N) is 1.